The highest BCUT2D eigenvalue weighted by Crippen LogP contribution is 2.29. The highest BCUT2D eigenvalue weighted by atomic mass is 16.5. The molecule has 29 heavy (non-hydrogen) atoms. The molecule has 1 fully saturated rings. The van der Waals surface area contributed by atoms with E-state index in [0.29, 0.717) is 31.1 Å². The van der Waals surface area contributed by atoms with Crippen molar-refractivity contribution in [2.45, 2.75) is 45.5 Å². The number of hydrogen-bond acceptors (Lipinski definition) is 5. The third-order valence-corrected chi connectivity index (χ3v) is 5.69. The number of carbonyl (C=O) groups is 1. The molecule has 0 radical (unpaired) electrons. The summed E-state index contributed by atoms with van der Waals surface area (Å²) in [6.45, 7) is 7.73. The van der Waals surface area contributed by atoms with Crippen LogP contribution in [0.15, 0.2) is 36.4 Å². The third-order valence-electron chi connectivity index (χ3n) is 5.69. The molecular formula is C23H29N3O3. The number of carbonyl (C=O) groups excluding carboxylic acids is 1. The van der Waals surface area contributed by atoms with Gasteiger partial charge < -0.3 is 14.4 Å². The third kappa shape index (κ3) is 4.28. The van der Waals surface area contributed by atoms with Gasteiger partial charge in [-0.15, -0.1) is 0 Å². The number of amides is 1. The van der Waals surface area contributed by atoms with Gasteiger partial charge in [-0.1, -0.05) is 30.3 Å². The summed E-state index contributed by atoms with van der Waals surface area (Å²) in [7, 11) is 1.65. The minimum atomic E-state index is 0.0651. The fraction of sp³-hybridized carbons (Fsp3) is 0.478. The van der Waals surface area contributed by atoms with E-state index in [4.69, 9.17) is 9.47 Å². The number of benzene rings is 1. The van der Waals surface area contributed by atoms with Gasteiger partial charge in [0.15, 0.2) is 0 Å². The number of morpholine rings is 1. The van der Waals surface area contributed by atoms with Gasteiger partial charge in [-0.05, 0) is 31.9 Å². The van der Waals surface area contributed by atoms with E-state index in [9.17, 15) is 4.79 Å². The van der Waals surface area contributed by atoms with Crippen LogP contribution in [0.5, 0.6) is 5.88 Å². The second-order valence-electron chi connectivity index (χ2n) is 8.10. The Bertz CT molecular complexity index is 869. The van der Waals surface area contributed by atoms with Crippen LogP contribution >= 0.6 is 0 Å². The largest absolute Gasteiger partial charge is 0.481 e. The normalized spacial score (nSPS) is 19.7. The molecule has 2 aliphatic rings. The van der Waals surface area contributed by atoms with Crippen LogP contribution in [0.1, 0.15) is 41.0 Å². The molecule has 1 amide bonds. The summed E-state index contributed by atoms with van der Waals surface area (Å²) in [6, 6.07) is 12.6. The maximum Gasteiger partial charge on any atom is 0.256 e. The van der Waals surface area contributed by atoms with E-state index in [2.05, 4.69) is 34.1 Å². The lowest BCUT2D eigenvalue weighted by atomic mass is 10.1. The predicted octanol–water partition coefficient (Wildman–Crippen LogP) is 2.90. The summed E-state index contributed by atoms with van der Waals surface area (Å²) in [5.74, 6) is 0.684. The van der Waals surface area contributed by atoms with Crippen molar-refractivity contribution in [3.63, 3.8) is 0 Å². The molecule has 2 aliphatic heterocycles. The predicted molar refractivity (Wildman–Crippen MR) is 111 cm³/mol. The first kappa shape index (κ1) is 19.9. The number of aromatic nitrogens is 1. The zero-order valence-electron chi connectivity index (χ0n) is 17.4. The Morgan fingerprint density at radius 3 is 2.79 bits per heavy atom. The van der Waals surface area contributed by atoms with Crippen LogP contribution < -0.4 is 4.74 Å². The molecule has 1 aromatic heterocycles. The lowest BCUT2D eigenvalue weighted by Gasteiger charge is -2.33. The molecule has 0 N–H and O–H groups in total. The molecule has 1 atom stereocenters. The zero-order chi connectivity index (χ0) is 20.4. The second-order valence-corrected chi connectivity index (χ2v) is 8.10. The van der Waals surface area contributed by atoms with Gasteiger partial charge in [0.05, 0.1) is 37.6 Å². The van der Waals surface area contributed by atoms with Gasteiger partial charge in [-0.3, -0.25) is 9.69 Å². The van der Waals surface area contributed by atoms with E-state index in [0.717, 1.165) is 30.8 Å². The van der Waals surface area contributed by atoms with Gasteiger partial charge in [0, 0.05) is 31.2 Å². The summed E-state index contributed by atoms with van der Waals surface area (Å²) in [6.07, 6.45) is 1.07. The summed E-state index contributed by atoms with van der Waals surface area (Å²) >= 11 is 0. The first-order valence-corrected chi connectivity index (χ1v) is 10.3. The van der Waals surface area contributed by atoms with Crippen LogP contribution in [-0.2, 0) is 24.2 Å². The van der Waals surface area contributed by atoms with Crippen molar-refractivity contribution in [1.29, 1.82) is 0 Å². The summed E-state index contributed by atoms with van der Waals surface area (Å²) in [5, 5.41) is 0. The molecule has 154 valence electrons. The van der Waals surface area contributed by atoms with Crippen molar-refractivity contribution >= 4 is 5.91 Å². The van der Waals surface area contributed by atoms with Crippen molar-refractivity contribution in [3.05, 3.63) is 58.8 Å². The van der Waals surface area contributed by atoms with Crippen molar-refractivity contribution < 1.29 is 14.3 Å². The van der Waals surface area contributed by atoms with E-state index >= 15 is 0 Å². The Morgan fingerprint density at radius 1 is 1.28 bits per heavy atom. The number of hydrogen-bond donors (Lipinski definition) is 0. The molecule has 1 aromatic carbocycles. The van der Waals surface area contributed by atoms with Crippen LogP contribution in [0.25, 0.3) is 0 Å². The average molecular weight is 396 g/mol. The minimum Gasteiger partial charge on any atom is -0.481 e. The smallest absolute Gasteiger partial charge is 0.256 e. The molecule has 6 nitrogen and oxygen atoms in total. The highest BCUT2D eigenvalue weighted by Gasteiger charge is 2.32. The van der Waals surface area contributed by atoms with E-state index in [-0.39, 0.29) is 18.1 Å². The zero-order valence-corrected chi connectivity index (χ0v) is 17.4. The Labute approximate surface area is 172 Å². The molecule has 0 bridgehead atoms. The van der Waals surface area contributed by atoms with E-state index in [1.807, 2.05) is 30.9 Å². The lowest BCUT2D eigenvalue weighted by molar-refractivity contribution is -0.0307. The lowest BCUT2D eigenvalue weighted by Crippen LogP contribution is -2.42. The molecule has 2 aromatic rings. The summed E-state index contributed by atoms with van der Waals surface area (Å²) < 4.78 is 11.6. The fourth-order valence-electron chi connectivity index (χ4n) is 4.14. The Balaban J connectivity index is 1.48. The van der Waals surface area contributed by atoms with Gasteiger partial charge in [-0.2, -0.15) is 0 Å². The average Bonchev–Trinajstić information content (AvgIpc) is 3.04. The van der Waals surface area contributed by atoms with Crippen LogP contribution in [0.4, 0.5) is 0 Å². The van der Waals surface area contributed by atoms with Crippen molar-refractivity contribution in [2.75, 3.05) is 26.8 Å². The maximum atomic E-state index is 12.7. The first-order chi connectivity index (χ1) is 14.0. The first-order valence-electron chi connectivity index (χ1n) is 10.3. The number of methoxy groups -OCH3 is 1. The van der Waals surface area contributed by atoms with Crippen LogP contribution in [0.2, 0.25) is 0 Å². The summed E-state index contributed by atoms with van der Waals surface area (Å²) in [5.41, 5.74) is 3.78. The quantitative estimate of drug-likeness (QED) is 0.753. The molecule has 0 aliphatic carbocycles. The van der Waals surface area contributed by atoms with Gasteiger partial charge in [-0.25, -0.2) is 4.98 Å². The van der Waals surface area contributed by atoms with E-state index < -0.39 is 0 Å². The molecule has 6 heteroatoms. The van der Waals surface area contributed by atoms with Crippen LogP contribution in [-0.4, -0.2) is 59.6 Å². The van der Waals surface area contributed by atoms with Crippen LogP contribution in [0.3, 0.4) is 0 Å². The molecular weight excluding hydrogens is 366 g/mol. The number of nitrogens with zero attached hydrogens (tertiary/aromatic N) is 3. The SMILES string of the molecule is COc1nc2c(cc1CN1CCO[C@@H](Cc3ccccc3)C1)C(=O)N(C(C)C)C2. The molecule has 0 unspecified atom stereocenters. The number of fused-ring (bicyclic) bond motifs is 1. The van der Waals surface area contributed by atoms with Gasteiger partial charge in [0.25, 0.3) is 5.91 Å². The van der Waals surface area contributed by atoms with Gasteiger partial charge >= 0.3 is 0 Å². The van der Waals surface area contributed by atoms with Crippen molar-refractivity contribution in [3.8, 4) is 5.88 Å². The monoisotopic (exact) mass is 395 g/mol. The standard InChI is InChI=1S/C23H29N3O3/c1-16(2)26-15-21-20(23(26)27)12-18(22(24-21)28-3)13-25-9-10-29-19(14-25)11-17-7-5-4-6-8-17/h4-8,12,16,19H,9-11,13-15H2,1-3H3/t19-/m0/s1. The molecule has 3 heterocycles. The minimum absolute atomic E-state index is 0.0651. The Hall–Kier alpha value is -2.44. The number of ether oxygens (including phenoxy) is 2. The van der Waals surface area contributed by atoms with Crippen molar-refractivity contribution in [1.82, 2.24) is 14.8 Å². The molecule has 1 saturated heterocycles. The second kappa shape index (κ2) is 8.51. The Morgan fingerprint density at radius 2 is 2.07 bits per heavy atom. The fourth-order valence-corrected chi connectivity index (χ4v) is 4.14. The maximum absolute atomic E-state index is 12.7. The number of rotatable bonds is 6. The molecule has 4 rings (SSSR count). The molecule has 0 spiro atoms. The van der Waals surface area contributed by atoms with Gasteiger partial charge in [0.1, 0.15) is 0 Å². The topological polar surface area (TPSA) is 54.9 Å². The van der Waals surface area contributed by atoms with Crippen LogP contribution in [0, 0.1) is 0 Å². The van der Waals surface area contributed by atoms with E-state index in [1.54, 1.807) is 7.11 Å². The Kier molecular flexibility index (Phi) is 5.83. The highest BCUT2D eigenvalue weighted by molar-refractivity contribution is 5.98. The van der Waals surface area contributed by atoms with Crippen molar-refractivity contribution in [2.24, 2.45) is 0 Å². The molecule has 0 saturated carbocycles. The summed E-state index contributed by atoms with van der Waals surface area (Å²) in [4.78, 5) is 21.6. The van der Waals surface area contributed by atoms with Gasteiger partial charge in [0.2, 0.25) is 5.88 Å². The number of pyridine rings is 1. The van der Waals surface area contributed by atoms with E-state index in [1.165, 1.54) is 5.56 Å².